The van der Waals surface area contributed by atoms with Crippen LogP contribution < -0.4 is 9.64 Å². The third-order valence-electron chi connectivity index (χ3n) is 5.19. The molecule has 7 nitrogen and oxygen atoms in total. The second-order valence-corrected chi connectivity index (χ2v) is 7.04. The lowest BCUT2D eigenvalue weighted by atomic mass is 10.1. The number of fused-ring (bicyclic) bond motifs is 1. The molecule has 0 spiro atoms. The van der Waals surface area contributed by atoms with Crippen molar-refractivity contribution in [2.24, 2.45) is 0 Å². The quantitative estimate of drug-likeness (QED) is 0.698. The Labute approximate surface area is 164 Å². The fraction of sp³-hybridized carbons (Fsp3) is 0.381. The lowest BCUT2D eigenvalue weighted by Crippen LogP contribution is -2.48. The van der Waals surface area contributed by atoms with Gasteiger partial charge in [0, 0.05) is 50.4 Å². The minimum atomic E-state index is 0.136. The minimum absolute atomic E-state index is 0.136. The standard InChI is InChI=1S/C21H25N5O2/c1-4-28-18-11-19(21-15(2)12-23-26(21)14-18)17-5-6-20(22-13-17)25-9-7-24(8-10-25)16(3)27/h5-6,11-14H,4,7-10H2,1-3H3. The van der Waals surface area contributed by atoms with Crippen molar-refractivity contribution in [1.82, 2.24) is 19.5 Å². The molecular weight excluding hydrogens is 354 g/mol. The number of carbonyl (C=O) groups excluding carboxylic acids is 1. The second-order valence-electron chi connectivity index (χ2n) is 7.04. The van der Waals surface area contributed by atoms with Gasteiger partial charge in [-0.15, -0.1) is 0 Å². The van der Waals surface area contributed by atoms with E-state index in [0.29, 0.717) is 6.61 Å². The van der Waals surface area contributed by atoms with E-state index in [0.717, 1.165) is 60.0 Å². The zero-order valence-electron chi connectivity index (χ0n) is 16.6. The summed E-state index contributed by atoms with van der Waals surface area (Å²) in [5.74, 6) is 1.86. The number of amides is 1. The summed E-state index contributed by atoms with van der Waals surface area (Å²) in [4.78, 5) is 20.3. The SMILES string of the molecule is CCOc1cc(-c2ccc(N3CCN(C(C)=O)CC3)nc2)c2c(C)cnn2c1. The Kier molecular flexibility index (Phi) is 4.90. The lowest BCUT2D eigenvalue weighted by Gasteiger charge is -2.34. The van der Waals surface area contributed by atoms with Crippen molar-refractivity contribution in [1.29, 1.82) is 0 Å². The van der Waals surface area contributed by atoms with Crippen LogP contribution in [0.5, 0.6) is 5.75 Å². The van der Waals surface area contributed by atoms with Gasteiger partial charge in [-0.05, 0) is 37.6 Å². The second kappa shape index (κ2) is 7.50. The van der Waals surface area contributed by atoms with Gasteiger partial charge in [0.05, 0.1) is 24.5 Å². The van der Waals surface area contributed by atoms with Crippen LogP contribution in [0.25, 0.3) is 16.6 Å². The molecule has 1 aliphatic heterocycles. The van der Waals surface area contributed by atoms with Gasteiger partial charge in [-0.2, -0.15) is 5.10 Å². The van der Waals surface area contributed by atoms with Crippen molar-refractivity contribution in [3.63, 3.8) is 0 Å². The number of aromatic nitrogens is 3. The van der Waals surface area contributed by atoms with Crippen LogP contribution in [0.15, 0.2) is 36.8 Å². The Balaban J connectivity index is 1.62. The molecule has 146 valence electrons. The van der Waals surface area contributed by atoms with E-state index in [4.69, 9.17) is 9.72 Å². The van der Waals surface area contributed by atoms with E-state index in [1.165, 1.54) is 0 Å². The van der Waals surface area contributed by atoms with Crippen molar-refractivity contribution in [3.8, 4) is 16.9 Å². The summed E-state index contributed by atoms with van der Waals surface area (Å²) in [5, 5.41) is 4.44. The van der Waals surface area contributed by atoms with Gasteiger partial charge >= 0.3 is 0 Å². The number of nitrogens with zero attached hydrogens (tertiary/aromatic N) is 5. The van der Waals surface area contributed by atoms with Crippen LogP contribution in [0, 0.1) is 6.92 Å². The molecule has 3 aromatic heterocycles. The molecule has 0 radical (unpaired) electrons. The maximum Gasteiger partial charge on any atom is 0.219 e. The predicted molar refractivity (Wildman–Crippen MR) is 109 cm³/mol. The highest BCUT2D eigenvalue weighted by atomic mass is 16.5. The molecule has 7 heteroatoms. The van der Waals surface area contributed by atoms with Crippen LogP contribution >= 0.6 is 0 Å². The fourth-order valence-corrected chi connectivity index (χ4v) is 3.70. The summed E-state index contributed by atoms with van der Waals surface area (Å²) in [6.07, 6.45) is 5.68. The first kappa shape index (κ1) is 18.3. The summed E-state index contributed by atoms with van der Waals surface area (Å²) in [5.41, 5.74) is 4.26. The van der Waals surface area contributed by atoms with Crippen LogP contribution in [0.1, 0.15) is 19.4 Å². The fourth-order valence-electron chi connectivity index (χ4n) is 3.70. The molecule has 0 aromatic carbocycles. The molecule has 1 aliphatic rings. The molecule has 3 aromatic rings. The number of anilines is 1. The number of carbonyl (C=O) groups is 1. The minimum Gasteiger partial charge on any atom is -0.492 e. The third-order valence-corrected chi connectivity index (χ3v) is 5.19. The molecule has 0 atom stereocenters. The molecule has 0 saturated carbocycles. The Morgan fingerprint density at radius 2 is 1.96 bits per heavy atom. The Morgan fingerprint density at radius 3 is 2.61 bits per heavy atom. The van der Waals surface area contributed by atoms with Gasteiger partial charge in [-0.3, -0.25) is 4.79 Å². The summed E-state index contributed by atoms with van der Waals surface area (Å²) < 4.78 is 7.58. The van der Waals surface area contributed by atoms with E-state index in [9.17, 15) is 4.79 Å². The number of aryl methyl sites for hydroxylation is 1. The molecule has 1 fully saturated rings. The van der Waals surface area contributed by atoms with Crippen molar-refractivity contribution in [2.45, 2.75) is 20.8 Å². The third kappa shape index (κ3) is 3.40. The highest BCUT2D eigenvalue weighted by Crippen LogP contribution is 2.31. The molecule has 4 heterocycles. The number of rotatable bonds is 4. The molecule has 0 N–H and O–H groups in total. The maximum atomic E-state index is 11.5. The molecular formula is C21H25N5O2. The normalized spacial score (nSPS) is 14.5. The average molecular weight is 379 g/mol. The average Bonchev–Trinajstić information content (AvgIpc) is 3.09. The monoisotopic (exact) mass is 379 g/mol. The lowest BCUT2D eigenvalue weighted by molar-refractivity contribution is -0.129. The number of hydrogen-bond acceptors (Lipinski definition) is 5. The van der Waals surface area contributed by atoms with Crippen LogP contribution in [0.3, 0.4) is 0 Å². The first-order chi connectivity index (χ1) is 13.6. The van der Waals surface area contributed by atoms with Crippen molar-refractivity contribution in [3.05, 3.63) is 42.4 Å². The Hall–Kier alpha value is -3.09. The molecule has 0 aliphatic carbocycles. The van der Waals surface area contributed by atoms with Crippen molar-refractivity contribution < 1.29 is 9.53 Å². The number of hydrogen-bond donors (Lipinski definition) is 0. The summed E-state index contributed by atoms with van der Waals surface area (Å²) in [6.45, 7) is 9.35. The summed E-state index contributed by atoms with van der Waals surface area (Å²) in [7, 11) is 0. The van der Waals surface area contributed by atoms with Gasteiger partial charge in [-0.1, -0.05) is 0 Å². The topological polar surface area (TPSA) is 63.0 Å². The van der Waals surface area contributed by atoms with Crippen LogP contribution in [-0.2, 0) is 4.79 Å². The first-order valence-corrected chi connectivity index (χ1v) is 9.64. The molecule has 0 unspecified atom stereocenters. The van der Waals surface area contributed by atoms with Gasteiger partial charge in [-0.25, -0.2) is 9.50 Å². The molecule has 4 rings (SSSR count). The molecule has 28 heavy (non-hydrogen) atoms. The zero-order chi connectivity index (χ0) is 19.7. The van der Waals surface area contributed by atoms with Gasteiger partial charge in [0.15, 0.2) is 0 Å². The predicted octanol–water partition coefficient (Wildman–Crippen LogP) is 2.77. The van der Waals surface area contributed by atoms with Crippen LogP contribution in [-0.4, -0.2) is 58.2 Å². The number of pyridine rings is 2. The number of ether oxygens (including phenoxy) is 1. The summed E-state index contributed by atoms with van der Waals surface area (Å²) in [6, 6.07) is 6.20. The number of piperazine rings is 1. The maximum absolute atomic E-state index is 11.5. The van der Waals surface area contributed by atoms with Crippen molar-refractivity contribution >= 4 is 17.2 Å². The van der Waals surface area contributed by atoms with E-state index < -0.39 is 0 Å². The molecule has 1 amide bonds. The smallest absolute Gasteiger partial charge is 0.219 e. The van der Waals surface area contributed by atoms with Gasteiger partial charge < -0.3 is 14.5 Å². The Morgan fingerprint density at radius 1 is 1.18 bits per heavy atom. The highest BCUT2D eigenvalue weighted by Gasteiger charge is 2.20. The van der Waals surface area contributed by atoms with Gasteiger partial charge in [0.25, 0.3) is 0 Å². The van der Waals surface area contributed by atoms with Crippen molar-refractivity contribution in [2.75, 3.05) is 37.7 Å². The molecule has 0 bridgehead atoms. The van der Waals surface area contributed by atoms with Gasteiger partial charge in [0.1, 0.15) is 11.6 Å². The van der Waals surface area contributed by atoms with Gasteiger partial charge in [0.2, 0.25) is 5.91 Å². The van der Waals surface area contributed by atoms with Crippen LogP contribution in [0.4, 0.5) is 5.82 Å². The largest absolute Gasteiger partial charge is 0.492 e. The van der Waals surface area contributed by atoms with E-state index in [2.05, 4.69) is 29.1 Å². The van der Waals surface area contributed by atoms with E-state index in [-0.39, 0.29) is 5.91 Å². The zero-order valence-corrected chi connectivity index (χ0v) is 16.6. The molecule has 1 saturated heterocycles. The Bertz CT molecular complexity index is 988. The highest BCUT2D eigenvalue weighted by molar-refractivity contribution is 5.83. The van der Waals surface area contributed by atoms with Crippen LogP contribution in [0.2, 0.25) is 0 Å². The van der Waals surface area contributed by atoms with E-state index in [1.54, 1.807) is 6.92 Å². The summed E-state index contributed by atoms with van der Waals surface area (Å²) >= 11 is 0. The first-order valence-electron chi connectivity index (χ1n) is 9.64. The van der Waals surface area contributed by atoms with E-state index >= 15 is 0 Å². The van der Waals surface area contributed by atoms with E-state index in [1.807, 2.05) is 41.0 Å².